The summed E-state index contributed by atoms with van der Waals surface area (Å²) in [4.78, 5) is 1.17. The molecule has 20 heavy (non-hydrogen) atoms. The van der Waals surface area contributed by atoms with Crippen molar-refractivity contribution < 1.29 is 9.47 Å². The first-order valence-corrected chi connectivity index (χ1v) is 7.65. The number of benzene rings is 2. The Hall–Kier alpha value is -1.52. The van der Waals surface area contributed by atoms with Gasteiger partial charge in [0, 0.05) is 16.3 Å². The fourth-order valence-electron chi connectivity index (χ4n) is 1.98. The lowest BCUT2D eigenvalue weighted by Gasteiger charge is -2.20. The van der Waals surface area contributed by atoms with E-state index in [4.69, 9.17) is 26.8 Å². The second kappa shape index (κ2) is 5.85. The van der Waals surface area contributed by atoms with E-state index < -0.39 is 0 Å². The lowest BCUT2D eigenvalue weighted by Crippen LogP contribution is -2.15. The zero-order valence-corrected chi connectivity index (χ0v) is 12.3. The van der Waals surface area contributed by atoms with Crippen LogP contribution in [0.1, 0.15) is 5.56 Å². The molecule has 0 spiro atoms. The van der Waals surface area contributed by atoms with E-state index in [0.29, 0.717) is 24.0 Å². The van der Waals surface area contributed by atoms with Crippen LogP contribution in [0.25, 0.3) is 0 Å². The monoisotopic (exact) mass is 307 g/mol. The van der Waals surface area contributed by atoms with Crippen LogP contribution in [-0.4, -0.2) is 13.2 Å². The van der Waals surface area contributed by atoms with Crippen LogP contribution in [0, 0.1) is 0 Å². The minimum absolute atomic E-state index is 0.548. The highest BCUT2D eigenvalue weighted by Gasteiger charge is 2.16. The van der Waals surface area contributed by atoms with Crippen LogP contribution in [0.4, 0.5) is 5.69 Å². The van der Waals surface area contributed by atoms with Crippen molar-refractivity contribution >= 4 is 29.1 Å². The van der Waals surface area contributed by atoms with Gasteiger partial charge < -0.3 is 15.2 Å². The molecule has 0 radical (unpaired) electrons. The Kier molecular flexibility index (Phi) is 3.94. The van der Waals surface area contributed by atoms with Crippen LogP contribution < -0.4 is 15.2 Å². The molecule has 0 fully saturated rings. The molecule has 0 saturated heterocycles. The van der Waals surface area contributed by atoms with E-state index >= 15 is 0 Å². The number of ether oxygens (including phenoxy) is 2. The van der Waals surface area contributed by atoms with Gasteiger partial charge in [-0.1, -0.05) is 11.6 Å². The Balaban J connectivity index is 1.74. The fourth-order valence-corrected chi connectivity index (χ4v) is 3.09. The van der Waals surface area contributed by atoms with E-state index in [0.717, 1.165) is 22.8 Å². The molecule has 0 bridgehead atoms. The van der Waals surface area contributed by atoms with Gasteiger partial charge in [0.25, 0.3) is 0 Å². The van der Waals surface area contributed by atoms with Crippen LogP contribution in [-0.2, 0) is 5.75 Å². The maximum atomic E-state index is 6.22. The first-order chi connectivity index (χ1) is 9.72. The third kappa shape index (κ3) is 2.97. The van der Waals surface area contributed by atoms with E-state index in [9.17, 15) is 0 Å². The number of halogens is 1. The summed E-state index contributed by atoms with van der Waals surface area (Å²) in [5.41, 5.74) is 7.56. The van der Waals surface area contributed by atoms with Crippen LogP contribution in [0.15, 0.2) is 41.3 Å². The van der Waals surface area contributed by atoms with Crippen molar-refractivity contribution in [2.45, 2.75) is 10.6 Å². The molecule has 0 amide bonds. The molecule has 0 saturated carbocycles. The zero-order valence-electron chi connectivity index (χ0n) is 10.8. The number of anilines is 1. The van der Waals surface area contributed by atoms with Gasteiger partial charge in [0.05, 0.1) is 5.02 Å². The molecule has 0 aromatic heterocycles. The maximum Gasteiger partial charge on any atom is 0.179 e. The van der Waals surface area contributed by atoms with Gasteiger partial charge >= 0.3 is 0 Å². The van der Waals surface area contributed by atoms with E-state index in [2.05, 4.69) is 0 Å². The largest absolute Gasteiger partial charge is 0.486 e. The Bertz CT molecular complexity index is 616. The van der Waals surface area contributed by atoms with Crippen molar-refractivity contribution in [3.05, 3.63) is 47.0 Å². The van der Waals surface area contributed by atoms with Crippen molar-refractivity contribution in [3.63, 3.8) is 0 Å². The predicted molar refractivity (Wildman–Crippen MR) is 82.9 cm³/mol. The Morgan fingerprint density at radius 2 is 1.85 bits per heavy atom. The van der Waals surface area contributed by atoms with Crippen molar-refractivity contribution in [2.75, 3.05) is 18.9 Å². The van der Waals surface area contributed by atoms with Crippen molar-refractivity contribution in [3.8, 4) is 11.5 Å². The fraction of sp³-hybridized carbons (Fsp3) is 0.200. The third-order valence-electron chi connectivity index (χ3n) is 2.94. The van der Waals surface area contributed by atoms with Crippen molar-refractivity contribution in [2.24, 2.45) is 0 Å². The molecule has 2 aromatic rings. The standard InChI is InChI=1S/C15H14ClNO2S/c16-13-7-10(8-14-15(13)19-6-5-18-14)9-20-12-3-1-11(17)2-4-12/h1-4,7-8H,5-6,9,17H2. The zero-order chi connectivity index (χ0) is 13.9. The molecule has 0 aliphatic carbocycles. The van der Waals surface area contributed by atoms with E-state index in [1.165, 1.54) is 4.90 Å². The lowest BCUT2D eigenvalue weighted by atomic mass is 10.2. The minimum Gasteiger partial charge on any atom is -0.486 e. The van der Waals surface area contributed by atoms with Gasteiger partial charge in [-0.25, -0.2) is 0 Å². The van der Waals surface area contributed by atoms with Gasteiger partial charge in [-0.2, -0.15) is 0 Å². The molecule has 2 N–H and O–H groups in total. The normalized spacial score (nSPS) is 13.2. The van der Waals surface area contributed by atoms with Gasteiger partial charge in [-0.3, -0.25) is 0 Å². The lowest BCUT2D eigenvalue weighted by molar-refractivity contribution is 0.171. The summed E-state index contributed by atoms with van der Waals surface area (Å²) in [6, 6.07) is 11.8. The summed E-state index contributed by atoms with van der Waals surface area (Å²) in [5, 5.41) is 0.607. The third-order valence-corrected chi connectivity index (χ3v) is 4.31. The van der Waals surface area contributed by atoms with Gasteiger partial charge in [-0.15, -0.1) is 11.8 Å². The molecule has 3 nitrogen and oxygen atoms in total. The number of fused-ring (bicyclic) bond motifs is 1. The number of nitrogen functional groups attached to an aromatic ring is 1. The highest BCUT2D eigenvalue weighted by molar-refractivity contribution is 7.98. The molecule has 1 heterocycles. The van der Waals surface area contributed by atoms with Crippen LogP contribution in [0.2, 0.25) is 5.02 Å². The molecule has 2 aromatic carbocycles. The smallest absolute Gasteiger partial charge is 0.179 e. The average Bonchev–Trinajstić information content (AvgIpc) is 2.47. The van der Waals surface area contributed by atoms with Gasteiger partial charge in [-0.05, 0) is 42.0 Å². The quantitative estimate of drug-likeness (QED) is 0.688. The average molecular weight is 308 g/mol. The highest BCUT2D eigenvalue weighted by Crippen LogP contribution is 2.39. The highest BCUT2D eigenvalue weighted by atomic mass is 35.5. The molecule has 0 unspecified atom stereocenters. The maximum absolute atomic E-state index is 6.22. The Morgan fingerprint density at radius 1 is 1.10 bits per heavy atom. The predicted octanol–water partition coefficient (Wildman–Crippen LogP) is 3.99. The van der Waals surface area contributed by atoms with E-state index in [-0.39, 0.29) is 0 Å². The molecule has 0 atom stereocenters. The number of nitrogens with two attached hydrogens (primary N) is 1. The van der Waals surface area contributed by atoms with Gasteiger partial charge in [0.1, 0.15) is 13.2 Å². The molecule has 1 aliphatic heterocycles. The summed E-state index contributed by atoms with van der Waals surface area (Å²) in [6.45, 7) is 1.12. The summed E-state index contributed by atoms with van der Waals surface area (Å²) in [6.07, 6.45) is 0. The first kappa shape index (κ1) is 13.5. The molecule has 3 rings (SSSR count). The summed E-state index contributed by atoms with van der Waals surface area (Å²) in [5.74, 6) is 2.20. The Labute approximate surface area is 127 Å². The van der Waals surface area contributed by atoms with Crippen molar-refractivity contribution in [1.29, 1.82) is 0 Å². The van der Waals surface area contributed by atoms with E-state index in [1.807, 2.05) is 36.4 Å². The minimum atomic E-state index is 0.548. The molecular weight excluding hydrogens is 294 g/mol. The van der Waals surface area contributed by atoms with Crippen molar-refractivity contribution in [1.82, 2.24) is 0 Å². The van der Waals surface area contributed by atoms with E-state index in [1.54, 1.807) is 11.8 Å². The molecule has 1 aliphatic rings. The topological polar surface area (TPSA) is 44.5 Å². The van der Waals surface area contributed by atoms with Crippen LogP contribution >= 0.6 is 23.4 Å². The summed E-state index contributed by atoms with van der Waals surface area (Å²) < 4.78 is 11.1. The summed E-state index contributed by atoms with van der Waals surface area (Å²) in [7, 11) is 0. The molecular formula is C15H14ClNO2S. The first-order valence-electron chi connectivity index (χ1n) is 6.29. The molecule has 5 heteroatoms. The SMILES string of the molecule is Nc1ccc(SCc2cc(Cl)c3c(c2)OCCO3)cc1. The van der Waals surface area contributed by atoms with Gasteiger partial charge in [0.15, 0.2) is 11.5 Å². The van der Waals surface area contributed by atoms with Crippen LogP contribution in [0.3, 0.4) is 0 Å². The van der Waals surface area contributed by atoms with Crippen LogP contribution in [0.5, 0.6) is 11.5 Å². The number of hydrogen-bond donors (Lipinski definition) is 1. The Morgan fingerprint density at radius 3 is 2.65 bits per heavy atom. The number of thioether (sulfide) groups is 1. The number of rotatable bonds is 3. The van der Waals surface area contributed by atoms with Gasteiger partial charge in [0.2, 0.25) is 0 Å². The molecule has 104 valence electrons. The second-order valence-corrected chi connectivity index (χ2v) is 5.92. The summed E-state index contributed by atoms with van der Waals surface area (Å²) >= 11 is 7.95. The number of hydrogen-bond acceptors (Lipinski definition) is 4. The second-order valence-electron chi connectivity index (χ2n) is 4.46.